The van der Waals surface area contributed by atoms with Crippen molar-refractivity contribution in [2.24, 2.45) is 5.92 Å². The molecule has 22 heavy (non-hydrogen) atoms. The van der Waals surface area contributed by atoms with E-state index >= 15 is 0 Å². The fraction of sp³-hybridized carbons (Fsp3) is 0.412. The molecule has 0 aliphatic heterocycles. The topological polar surface area (TPSA) is 75.6 Å². The molecule has 0 heterocycles. The summed E-state index contributed by atoms with van der Waals surface area (Å²) < 4.78 is 4.85. The predicted octanol–water partition coefficient (Wildman–Crippen LogP) is 1.67. The van der Waals surface area contributed by atoms with Crippen molar-refractivity contribution in [1.82, 2.24) is 5.32 Å². The van der Waals surface area contributed by atoms with Crippen LogP contribution in [0.2, 0.25) is 0 Å². The van der Waals surface area contributed by atoms with Crippen molar-refractivity contribution >= 4 is 11.9 Å². The monoisotopic (exact) mass is 301 g/mol. The molecule has 2 atom stereocenters. The molecule has 5 nitrogen and oxygen atoms in total. The van der Waals surface area contributed by atoms with Crippen LogP contribution in [0, 0.1) is 17.8 Å². The largest absolute Gasteiger partial charge is 0.481 e. The molecule has 1 aromatic carbocycles. The highest BCUT2D eigenvalue weighted by Gasteiger charge is 2.30. The van der Waals surface area contributed by atoms with Crippen molar-refractivity contribution in [1.29, 1.82) is 0 Å². The van der Waals surface area contributed by atoms with Crippen molar-refractivity contribution in [3.8, 4) is 11.8 Å². The molecule has 2 N–H and O–H groups in total. The van der Waals surface area contributed by atoms with Crippen LogP contribution in [0.5, 0.6) is 0 Å². The van der Waals surface area contributed by atoms with Crippen LogP contribution >= 0.6 is 0 Å². The van der Waals surface area contributed by atoms with E-state index in [-0.39, 0.29) is 17.9 Å². The smallest absolute Gasteiger partial charge is 0.306 e. The minimum atomic E-state index is -0.782. The van der Waals surface area contributed by atoms with Gasteiger partial charge in [0.1, 0.15) is 6.61 Å². The predicted molar refractivity (Wildman–Crippen MR) is 81.4 cm³/mol. The van der Waals surface area contributed by atoms with Gasteiger partial charge < -0.3 is 15.2 Å². The maximum atomic E-state index is 12.1. The minimum Gasteiger partial charge on any atom is -0.481 e. The number of carboxylic acid groups (broad SMARTS) is 1. The molecule has 1 aromatic rings. The van der Waals surface area contributed by atoms with Crippen LogP contribution in [0.3, 0.4) is 0 Å². The number of carbonyl (C=O) groups is 2. The first-order valence-corrected chi connectivity index (χ1v) is 7.21. The Labute approximate surface area is 129 Å². The summed E-state index contributed by atoms with van der Waals surface area (Å²) in [6, 6.07) is 6.94. The molecule has 0 unspecified atom stereocenters. The Kier molecular flexibility index (Phi) is 5.56. The summed E-state index contributed by atoms with van der Waals surface area (Å²) in [4.78, 5) is 23.0. The van der Waals surface area contributed by atoms with E-state index in [9.17, 15) is 9.59 Å². The summed E-state index contributed by atoms with van der Waals surface area (Å²) in [5.41, 5.74) is 1.37. The van der Waals surface area contributed by atoms with Gasteiger partial charge in [-0.3, -0.25) is 9.59 Å². The summed E-state index contributed by atoms with van der Waals surface area (Å²) >= 11 is 0. The molecule has 2 rings (SSSR count). The number of aliphatic carboxylic acids is 1. The summed E-state index contributed by atoms with van der Waals surface area (Å²) in [5, 5.41) is 11.9. The van der Waals surface area contributed by atoms with Gasteiger partial charge in [0.25, 0.3) is 5.91 Å². The number of rotatable bonds is 4. The average molecular weight is 301 g/mol. The first-order valence-electron chi connectivity index (χ1n) is 7.21. The highest BCUT2D eigenvalue weighted by molar-refractivity contribution is 5.94. The van der Waals surface area contributed by atoms with Gasteiger partial charge in [0.15, 0.2) is 0 Å². The van der Waals surface area contributed by atoms with E-state index in [0.717, 1.165) is 5.56 Å². The van der Waals surface area contributed by atoms with E-state index in [0.29, 0.717) is 31.4 Å². The van der Waals surface area contributed by atoms with E-state index in [1.54, 1.807) is 31.4 Å². The maximum absolute atomic E-state index is 12.1. The molecule has 0 bridgehead atoms. The number of carbonyl (C=O) groups excluding carboxylic acids is 1. The fourth-order valence-corrected chi connectivity index (χ4v) is 2.52. The molecule has 1 aliphatic carbocycles. The second-order valence-corrected chi connectivity index (χ2v) is 5.33. The maximum Gasteiger partial charge on any atom is 0.306 e. The van der Waals surface area contributed by atoms with Crippen molar-refractivity contribution in [3.63, 3.8) is 0 Å². The van der Waals surface area contributed by atoms with Crippen molar-refractivity contribution in [2.75, 3.05) is 13.7 Å². The normalized spacial score (nSPS) is 20.0. The quantitative estimate of drug-likeness (QED) is 0.830. The molecule has 1 aliphatic rings. The van der Waals surface area contributed by atoms with Gasteiger partial charge in [-0.05, 0) is 43.5 Å². The van der Waals surface area contributed by atoms with Gasteiger partial charge in [-0.15, -0.1) is 0 Å². The fourth-order valence-electron chi connectivity index (χ4n) is 2.52. The van der Waals surface area contributed by atoms with Crippen LogP contribution in [-0.4, -0.2) is 36.7 Å². The zero-order chi connectivity index (χ0) is 15.9. The Bertz CT molecular complexity index is 597. The molecule has 116 valence electrons. The van der Waals surface area contributed by atoms with Gasteiger partial charge in [-0.25, -0.2) is 0 Å². The molecular weight excluding hydrogens is 282 g/mol. The third-order valence-electron chi connectivity index (χ3n) is 3.71. The molecule has 1 amide bonds. The van der Waals surface area contributed by atoms with Crippen LogP contribution in [0.1, 0.15) is 35.2 Å². The molecule has 1 saturated carbocycles. The number of ether oxygens (including phenoxy) is 1. The number of carboxylic acids is 1. The van der Waals surface area contributed by atoms with E-state index in [4.69, 9.17) is 9.84 Å². The molecule has 5 heteroatoms. The Hall–Kier alpha value is -2.32. The van der Waals surface area contributed by atoms with Crippen LogP contribution < -0.4 is 5.32 Å². The lowest BCUT2D eigenvalue weighted by Crippen LogP contribution is -2.33. The Morgan fingerprint density at radius 1 is 1.32 bits per heavy atom. The first kappa shape index (κ1) is 16.1. The number of hydrogen-bond acceptors (Lipinski definition) is 3. The average Bonchev–Trinajstić information content (AvgIpc) is 2.97. The Morgan fingerprint density at radius 3 is 2.64 bits per heavy atom. The molecule has 0 radical (unpaired) electrons. The van der Waals surface area contributed by atoms with E-state index in [1.807, 2.05) is 0 Å². The van der Waals surface area contributed by atoms with Crippen LogP contribution in [0.4, 0.5) is 0 Å². The zero-order valence-electron chi connectivity index (χ0n) is 12.5. The lowest BCUT2D eigenvalue weighted by molar-refractivity contribution is -0.141. The van der Waals surface area contributed by atoms with Gasteiger partial charge in [0.05, 0.1) is 5.92 Å². The lowest BCUT2D eigenvalue weighted by Gasteiger charge is -2.12. The third kappa shape index (κ3) is 4.34. The zero-order valence-corrected chi connectivity index (χ0v) is 12.5. The van der Waals surface area contributed by atoms with Gasteiger partial charge in [-0.1, -0.05) is 11.8 Å². The number of methoxy groups -OCH3 is 1. The highest BCUT2D eigenvalue weighted by Crippen LogP contribution is 2.25. The van der Waals surface area contributed by atoms with Gasteiger partial charge in [0.2, 0.25) is 0 Å². The van der Waals surface area contributed by atoms with E-state index < -0.39 is 5.97 Å². The summed E-state index contributed by atoms with van der Waals surface area (Å²) in [6.07, 6.45) is 1.83. The summed E-state index contributed by atoms with van der Waals surface area (Å²) in [5.74, 6) is 4.48. The van der Waals surface area contributed by atoms with Crippen LogP contribution in [-0.2, 0) is 9.53 Å². The van der Waals surface area contributed by atoms with Crippen LogP contribution in [0.25, 0.3) is 0 Å². The third-order valence-corrected chi connectivity index (χ3v) is 3.71. The van der Waals surface area contributed by atoms with Crippen molar-refractivity contribution in [3.05, 3.63) is 35.4 Å². The number of hydrogen-bond donors (Lipinski definition) is 2. The molecular formula is C17H19NO4. The van der Waals surface area contributed by atoms with E-state index in [1.165, 1.54) is 0 Å². The van der Waals surface area contributed by atoms with Crippen molar-refractivity contribution in [2.45, 2.75) is 25.3 Å². The lowest BCUT2D eigenvalue weighted by atomic mass is 10.1. The summed E-state index contributed by atoms with van der Waals surface area (Å²) in [7, 11) is 1.58. The minimum absolute atomic E-state index is 0.0604. The van der Waals surface area contributed by atoms with Crippen molar-refractivity contribution < 1.29 is 19.4 Å². The standard InChI is InChI=1S/C17H19NO4/c1-22-10-2-3-12-4-6-13(7-5-12)16(19)18-15-9-8-14(11-15)17(20)21/h4-7,14-15H,8-11H2,1H3,(H,18,19)(H,20,21)/t14-,15+/m1/s1. The van der Waals surface area contributed by atoms with Gasteiger partial charge in [-0.2, -0.15) is 0 Å². The Morgan fingerprint density at radius 2 is 2.05 bits per heavy atom. The molecule has 0 spiro atoms. The SMILES string of the molecule is COCC#Cc1ccc(C(=O)N[C@H]2CC[C@@H](C(=O)O)C2)cc1. The summed E-state index contributed by atoms with van der Waals surface area (Å²) in [6.45, 7) is 0.370. The second-order valence-electron chi connectivity index (χ2n) is 5.33. The molecule has 0 aromatic heterocycles. The first-order chi connectivity index (χ1) is 10.6. The van der Waals surface area contributed by atoms with Gasteiger partial charge >= 0.3 is 5.97 Å². The Balaban J connectivity index is 1.91. The van der Waals surface area contributed by atoms with Gasteiger partial charge in [0, 0.05) is 24.3 Å². The molecule has 0 saturated heterocycles. The van der Waals surface area contributed by atoms with E-state index in [2.05, 4.69) is 17.2 Å². The van der Waals surface area contributed by atoms with Crippen LogP contribution in [0.15, 0.2) is 24.3 Å². The highest BCUT2D eigenvalue weighted by atomic mass is 16.5. The molecule has 1 fully saturated rings. The number of benzene rings is 1. The number of nitrogens with one attached hydrogen (secondary N) is 1. The number of amides is 1. The second kappa shape index (κ2) is 7.62.